The minimum Gasteiger partial charge on any atom is -0.491 e. The fourth-order valence-electron chi connectivity index (χ4n) is 2.51. The molecule has 1 aliphatic heterocycles. The van der Waals surface area contributed by atoms with Gasteiger partial charge in [-0.15, -0.1) is 11.6 Å². The smallest absolute Gasteiger partial charge is 0.129 e. The zero-order valence-corrected chi connectivity index (χ0v) is 11.7. The van der Waals surface area contributed by atoms with Crippen LogP contribution in [0.3, 0.4) is 0 Å². The molecule has 4 heteroatoms. The summed E-state index contributed by atoms with van der Waals surface area (Å²) in [5, 5.41) is 0. The summed E-state index contributed by atoms with van der Waals surface area (Å²) in [6.45, 7) is 1.99. The van der Waals surface area contributed by atoms with Crippen molar-refractivity contribution in [2.75, 3.05) is 18.1 Å². The second kappa shape index (κ2) is 5.71. The SMILES string of the molecule is Fc1cccc(N2CCOc3ccccc3C2)c1CCl. The van der Waals surface area contributed by atoms with Crippen molar-refractivity contribution in [3.8, 4) is 5.75 Å². The normalized spacial score (nSPS) is 14.4. The predicted octanol–water partition coefficient (Wildman–Crippen LogP) is 3.96. The van der Waals surface area contributed by atoms with Gasteiger partial charge in [0, 0.05) is 23.4 Å². The number of hydrogen-bond donors (Lipinski definition) is 0. The first-order valence-electron chi connectivity index (χ1n) is 6.58. The van der Waals surface area contributed by atoms with E-state index in [0.717, 1.165) is 17.0 Å². The van der Waals surface area contributed by atoms with Gasteiger partial charge in [-0.05, 0) is 18.2 Å². The van der Waals surface area contributed by atoms with Gasteiger partial charge < -0.3 is 9.64 Å². The molecule has 1 heterocycles. The first kappa shape index (κ1) is 13.3. The number of rotatable bonds is 2. The molecule has 0 aromatic heterocycles. The van der Waals surface area contributed by atoms with Gasteiger partial charge in [0.25, 0.3) is 0 Å². The van der Waals surface area contributed by atoms with Crippen molar-refractivity contribution in [3.05, 3.63) is 59.4 Å². The molecule has 0 atom stereocenters. The van der Waals surface area contributed by atoms with E-state index in [1.165, 1.54) is 6.07 Å². The van der Waals surface area contributed by atoms with E-state index in [9.17, 15) is 4.39 Å². The minimum absolute atomic E-state index is 0.168. The number of benzene rings is 2. The van der Waals surface area contributed by atoms with Gasteiger partial charge in [0.15, 0.2) is 0 Å². The standard InChI is InChI=1S/C16H15ClFNO/c17-10-13-14(18)5-3-6-15(13)19-8-9-20-16-7-2-1-4-12(16)11-19/h1-7H,8-11H2. The van der Waals surface area contributed by atoms with Crippen LogP contribution in [0.4, 0.5) is 10.1 Å². The van der Waals surface area contributed by atoms with Crippen LogP contribution in [0.15, 0.2) is 42.5 Å². The van der Waals surface area contributed by atoms with Crippen LogP contribution >= 0.6 is 11.6 Å². The van der Waals surface area contributed by atoms with Crippen LogP contribution in [0.2, 0.25) is 0 Å². The zero-order chi connectivity index (χ0) is 13.9. The maximum absolute atomic E-state index is 13.9. The Balaban J connectivity index is 1.98. The van der Waals surface area contributed by atoms with E-state index in [1.54, 1.807) is 6.07 Å². The molecule has 0 amide bonds. The van der Waals surface area contributed by atoms with Crippen LogP contribution in [0.25, 0.3) is 0 Å². The highest BCUT2D eigenvalue weighted by Gasteiger charge is 2.18. The Hall–Kier alpha value is -1.74. The Kier molecular flexibility index (Phi) is 3.79. The number of hydrogen-bond acceptors (Lipinski definition) is 2. The molecule has 0 N–H and O–H groups in total. The molecule has 0 saturated carbocycles. The molecule has 104 valence electrons. The van der Waals surface area contributed by atoms with E-state index in [-0.39, 0.29) is 11.7 Å². The molecule has 2 aromatic rings. The average Bonchev–Trinajstić information content (AvgIpc) is 2.69. The van der Waals surface area contributed by atoms with Crippen LogP contribution in [0.5, 0.6) is 5.75 Å². The van der Waals surface area contributed by atoms with E-state index < -0.39 is 0 Å². The number of fused-ring (bicyclic) bond motifs is 1. The van der Waals surface area contributed by atoms with Gasteiger partial charge in [-0.25, -0.2) is 4.39 Å². The molecule has 0 spiro atoms. The van der Waals surface area contributed by atoms with Crippen LogP contribution in [-0.2, 0) is 12.4 Å². The first-order chi connectivity index (χ1) is 9.79. The molecule has 20 heavy (non-hydrogen) atoms. The first-order valence-corrected chi connectivity index (χ1v) is 7.12. The molecule has 2 aromatic carbocycles. The predicted molar refractivity (Wildman–Crippen MR) is 78.9 cm³/mol. The summed E-state index contributed by atoms with van der Waals surface area (Å²) in [6.07, 6.45) is 0. The number of halogens is 2. The molecule has 0 aliphatic carbocycles. The quantitative estimate of drug-likeness (QED) is 0.777. The number of anilines is 1. The van der Waals surface area contributed by atoms with Gasteiger partial charge in [-0.1, -0.05) is 24.3 Å². The largest absolute Gasteiger partial charge is 0.491 e. The number of nitrogens with zero attached hydrogens (tertiary/aromatic N) is 1. The maximum atomic E-state index is 13.9. The van der Waals surface area contributed by atoms with E-state index in [2.05, 4.69) is 4.90 Å². The van der Waals surface area contributed by atoms with E-state index in [1.807, 2.05) is 30.3 Å². The summed E-state index contributed by atoms with van der Waals surface area (Å²) >= 11 is 5.90. The lowest BCUT2D eigenvalue weighted by Gasteiger charge is -2.24. The van der Waals surface area contributed by atoms with Crippen molar-refractivity contribution in [3.63, 3.8) is 0 Å². The van der Waals surface area contributed by atoms with Crippen molar-refractivity contribution >= 4 is 17.3 Å². The average molecular weight is 292 g/mol. The van der Waals surface area contributed by atoms with Gasteiger partial charge >= 0.3 is 0 Å². The lowest BCUT2D eigenvalue weighted by molar-refractivity contribution is 0.331. The molecule has 0 unspecified atom stereocenters. The van der Waals surface area contributed by atoms with Crippen LogP contribution in [0, 0.1) is 5.82 Å². The van der Waals surface area contributed by atoms with Crippen LogP contribution < -0.4 is 9.64 Å². The molecule has 0 radical (unpaired) electrons. The Labute approximate surface area is 122 Å². The molecular formula is C16H15ClFNO. The third-order valence-corrected chi connectivity index (χ3v) is 3.79. The molecule has 0 saturated heterocycles. The van der Waals surface area contributed by atoms with Crippen molar-refractivity contribution in [1.82, 2.24) is 0 Å². The Morgan fingerprint density at radius 2 is 2.00 bits per heavy atom. The van der Waals surface area contributed by atoms with Gasteiger partial charge in [0.2, 0.25) is 0 Å². The Bertz CT molecular complexity index is 617. The third kappa shape index (κ3) is 2.46. The fourth-order valence-corrected chi connectivity index (χ4v) is 2.77. The van der Waals surface area contributed by atoms with E-state index in [4.69, 9.17) is 16.3 Å². The van der Waals surface area contributed by atoms with Crippen molar-refractivity contribution < 1.29 is 9.13 Å². The third-order valence-electron chi connectivity index (χ3n) is 3.52. The molecule has 3 rings (SSSR count). The molecule has 0 fully saturated rings. The van der Waals surface area contributed by atoms with Gasteiger partial charge in [0.05, 0.1) is 12.4 Å². The molecular weight excluding hydrogens is 277 g/mol. The minimum atomic E-state index is -0.254. The van der Waals surface area contributed by atoms with E-state index >= 15 is 0 Å². The van der Waals surface area contributed by atoms with Crippen molar-refractivity contribution in [2.45, 2.75) is 12.4 Å². The van der Waals surface area contributed by atoms with Crippen LogP contribution in [0.1, 0.15) is 11.1 Å². The summed E-state index contributed by atoms with van der Waals surface area (Å²) in [7, 11) is 0. The summed E-state index contributed by atoms with van der Waals surface area (Å²) in [6, 6.07) is 13.0. The number of ether oxygens (including phenoxy) is 1. The maximum Gasteiger partial charge on any atom is 0.129 e. The summed E-state index contributed by atoms with van der Waals surface area (Å²) in [5.74, 6) is 0.816. The Morgan fingerprint density at radius 3 is 2.85 bits per heavy atom. The van der Waals surface area contributed by atoms with Gasteiger partial charge in [0.1, 0.15) is 18.2 Å². The fraction of sp³-hybridized carbons (Fsp3) is 0.250. The monoisotopic (exact) mass is 291 g/mol. The second-order valence-electron chi connectivity index (χ2n) is 4.75. The van der Waals surface area contributed by atoms with Crippen LogP contribution in [-0.4, -0.2) is 13.2 Å². The molecule has 0 bridgehead atoms. The molecule has 2 nitrogen and oxygen atoms in total. The lowest BCUT2D eigenvalue weighted by Crippen LogP contribution is -2.26. The van der Waals surface area contributed by atoms with Crippen molar-refractivity contribution in [2.24, 2.45) is 0 Å². The highest BCUT2D eigenvalue weighted by atomic mass is 35.5. The van der Waals surface area contributed by atoms with Gasteiger partial charge in [-0.2, -0.15) is 0 Å². The summed E-state index contributed by atoms with van der Waals surface area (Å²) in [4.78, 5) is 2.12. The zero-order valence-electron chi connectivity index (χ0n) is 11.0. The number of alkyl halides is 1. The highest BCUT2D eigenvalue weighted by molar-refractivity contribution is 6.17. The second-order valence-corrected chi connectivity index (χ2v) is 5.02. The van der Waals surface area contributed by atoms with E-state index in [0.29, 0.717) is 25.3 Å². The highest BCUT2D eigenvalue weighted by Crippen LogP contribution is 2.30. The summed E-state index contributed by atoms with van der Waals surface area (Å²) in [5.41, 5.74) is 2.50. The number of para-hydroxylation sites is 1. The van der Waals surface area contributed by atoms with Gasteiger partial charge in [-0.3, -0.25) is 0 Å². The van der Waals surface area contributed by atoms with Crippen molar-refractivity contribution in [1.29, 1.82) is 0 Å². The topological polar surface area (TPSA) is 12.5 Å². The Morgan fingerprint density at radius 1 is 1.15 bits per heavy atom. The lowest BCUT2D eigenvalue weighted by atomic mass is 10.1. The molecule has 1 aliphatic rings. The summed E-state index contributed by atoms with van der Waals surface area (Å²) < 4.78 is 19.6.